The van der Waals surface area contributed by atoms with Crippen LogP contribution in [0.5, 0.6) is 0 Å². The van der Waals surface area contributed by atoms with Crippen molar-refractivity contribution >= 4 is 11.8 Å². The Morgan fingerprint density at radius 1 is 1.00 bits per heavy atom. The molecule has 3 nitrogen and oxygen atoms in total. The monoisotopic (exact) mass is 359 g/mol. The topological polar surface area (TPSA) is 37.4 Å². The highest BCUT2D eigenvalue weighted by molar-refractivity contribution is 6.08. The molecule has 4 rings (SSSR count). The Bertz CT molecular complexity index is 861. The molecule has 1 spiro atoms. The lowest BCUT2D eigenvalue weighted by atomic mass is 9.96. The average molecular weight is 359 g/mol. The summed E-state index contributed by atoms with van der Waals surface area (Å²) in [5, 5.41) is 0. The van der Waals surface area contributed by atoms with Crippen LogP contribution in [0.3, 0.4) is 0 Å². The molecule has 1 aliphatic carbocycles. The van der Waals surface area contributed by atoms with Crippen molar-refractivity contribution in [3.63, 3.8) is 0 Å². The molecule has 0 bridgehead atoms. The highest BCUT2D eigenvalue weighted by Gasteiger charge is 2.67. The summed E-state index contributed by atoms with van der Waals surface area (Å²) in [4.78, 5) is 26.5. The van der Waals surface area contributed by atoms with Crippen LogP contribution in [0, 0.1) is 5.41 Å². The summed E-state index contributed by atoms with van der Waals surface area (Å²) in [7, 11) is 0. The van der Waals surface area contributed by atoms with Crippen LogP contribution in [-0.4, -0.2) is 16.7 Å². The van der Waals surface area contributed by atoms with Gasteiger partial charge in [-0.25, -0.2) is 0 Å². The Balaban J connectivity index is 1.52. The molecule has 2 aromatic rings. The van der Waals surface area contributed by atoms with E-state index in [0.29, 0.717) is 12.0 Å². The molecule has 1 saturated carbocycles. The second-order valence-electron chi connectivity index (χ2n) is 6.98. The third-order valence-electron chi connectivity index (χ3n) is 5.34. The number of carbonyl (C=O) groups excluding carboxylic acids is 2. The molecule has 2 atom stereocenters. The number of nitrogens with zero attached hydrogens (tertiary/aromatic N) is 1. The second kappa shape index (κ2) is 5.69. The van der Waals surface area contributed by atoms with Crippen LogP contribution < -0.4 is 0 Å². The van der Waals surface area contributed by atoms with Crippen molar-refractivity contribution in [2.45, 2.75) is 31.5 Å². The molecular weight excluding hydrogens is 343 g/mol. The largest absolute Gasteiger partial charge is 0.416 e. The Labute approximate surface area is 148 Å². The average Bonchev–Trinajstić information content (AvgIpc) is 3.29. The maximum atomic E-state index is 12.8. The molecule has 0 N–H and O–H groups in total. The van der Waals surface area contributed by atoms with Gasteiger partial charge in [0.25, 0.3) is 0 Å². The lowest BCUT2D eigenvalue weighted by Crippen LogP contribution is -2.30. The molecule has 2 amide bonds. The summed E-state index contributed by atoms with van der Waals surface area (Å²) in [5.41, 5.74) is 0.0696. The third-order valence-corrected chi connectivity index (χ3v) is 5.34. The van der Waals surface area contributed by atoms with Crippen LogP contribution in [-0.2, 0) is 22.3 Å². The fraction of sp³-hybridized carbons (Fsp3) is 0.300. The Morgan fingerprint density at radius 3 is 2.27 bits per heavy atom. The van der Waals surface area contributed by atoms with Crippen molar-refractivity contribution in [1.82, 2.24) is 4.90 Å². The Kier molecular flexibility index (Phi) is 3.68. The Morgan fingerprint density at radius 2 is 1.65 bits per heavy atom. The van der Waals surface area contributed by atoms with Gasteiger partial charge in [0.2, 0.25) is 11.8 Å². The zero-order valence-electron chi connectivity index (χ0n) is 13.8. The molecule has 6 heteroatoms. The minimum absolute atomic E-state index is 0.129. The lowest BCUT2D eigenvalue weighted by Gasteiger charge is -2.15. The number of carbonyl (C=O) groups is 2. The molecule has 1 unspecified atom stereocenters. The number of alkyl halides is 3. The number of imide groups is 1. The van der Waals surface area contributed by atoms with Crippen molar-refractivity contribution in [2.24, 2.45) is 5.41 Å². The summed E-state index contributed by atoms with van der Waals surface area (Å²) in [6.45, 7) is 0.236. The number of amides is 2. The van der Waals surface area contributed by atoms with Crippen LogP contribution in [0.1, 0.15) is 35.4 Å². The van der Waals surface area contributed by atoms with Gasteiger partial charge < -0.3 is 0 Å². The normalized spacial score (nSPS) is 25.2. The fourth-order valence-corrected chi connectivity index (χ4v) is 3.83. The predicted molar refractivity (Wildman–Crippen MR) is 87.9 cm³/mol. The van der Waals surface area contributed by atoms with Gasteiger partial charge in [0.15, 0.2) is 0 Å². The van der Waals surface area contributed by atoms with E-state index in [2.05, 4.69) is 0 Å². The first kappa shape index (κ1) is 16.8. The van der Waals surface area contributed by atoms with Gasteiger partial charge in [0, 0.05) is 6.42 Å². The van der Waals surface area contributed by atoms with E-state index in [-0.39, 0.29) is 30.7 Å². The number of hydrogen-bond acceptors (Lipinski definition) is 2. The van der Waals surface area contributed by atoms with Gasteiger partial charge in [-0.2, -0.15) is 13.2 Å². The summed E-state index contributed by atoms with van der Waals surface area (Å²) >= 11 is 0. The van der Waals surface area contributed by atoms with Gasteiger partial charge in [-0.1, -0.05) is 42.5 Å². The summed E-state index contributed by atoms with van der Waals surface area (Å²) in [6, 6.07) is 14.2. The maximum Gasteiger partial charge on any atom is 0.416 e. The molecule has 2 fully saturated rings. The van der Waals surface area contributed by atoms with Crippen molar-refractivity contribution in [3.8, 4) is 0 Å². The predicted octanol–water partition coefficient (Wildman–Crippen LogP) is 4.14. The van der Waals surface area contributed by atoms with E-state index in [9.17, 15) is 22.8 Å². The van der Waals surface area contributed by atoms with Gasteiger partial charge in [0.05, 0.1) is 17.5 Å². The van der Waals surface area contributed by atoms with Crippen LogP contribution in [0.25, 0.3) is 0 Å². The third kappa shape index (κ3) is 2.69. The van der Waals surface area contributed by atoms with E-state index in [0.717, 1.165) is 17.7 Å². The fourth-order valence-electron chi connectivity index (χ4n) is 3.83. The maximum absolute atomic E-state index is 12.8. The van der Waals surface area contributed by atoms with Gasteiger partial charge in [-0.05, 0) is 35.6 Å². The molecule has 1 saturated heterocycles. The number of rotatable bonds is 3. The SMILES string of the molecule is O=C1CC2(C[C@@H]2c2ccc(C(F)(F)F)cc2)C(=O)N1Cc1ccccc1. The molecule has 2 aliphatic rings. The molecule has 134 valence electrons. The zero-order chi connectivity index (χ0) is 18.5. The molecule has 1 heterocycles. The Hall–Kier alpha value is -2.63. The van der Waals surface area contributed by atoms with Crippen molar-refractivity contribution in [3.05, 3.63) is 71.3 Å². The van der Waals surface area contributed by atoms with E-state index in [4.69, 9.17) is 0 Å². The highest BCUT2D eigenvalue weighted by atomic mass is 19.4. The summed E-state index contributed by atoms with van der Waals surface area (Å²) in [6.07, 6.45) is -3.75. The zero-order valence-corrected chi connectivity index (χ0v) is 13.8. The smallest absolute Gasteiger partial charge is 0.278 e. The first-order valence-electron chi connectivity index (χ1n) is 8.37. The first-order valence-corrected chi connectivity index (χ1v) is 8.37. The highest BCUT2D eigenvalue weighted by Crippen LogP contribution is 2.65. The van der Waals surface area contributed by atoms with Crippen LogP contribution in [0.4, 0.5) is 13.2 Å². The van der Waals surface area contributed by atoms with Crippen LogP contribution in [0.2, 0.25) is 0 Å². The van der Waals surface area contributed by atoms with Gasteiger partial charge in [-0.3, -0.25) is 14.5 Å². The standard InChI is InChI=1S/C20H16F3NO2/c21-20(22,23)15-8-6-14(7-9-15)16-10-19(16)11-17(25)24(18(19)26)12-13-4-2-1-3-5-13/h1-9,16H,10-12H2/t16-,19?/m1/s1. The first-order chi connectivity index (χ1) is 12.3. The second-order valence-corrected chi connectivity index (χ2v) is 6.98. The van der Waals surface area contributed by atoms with E-state index in [1.54, 1.807) is 0 Å². The van der Waals surface area contributed by atoms with E-state index < -0.39 is 17.2 Å². The minimum atomic E-state index is -4.38. The summed E-state index contributed by atoms with van der Waals surface area (Å²) < 4.78 is 38.1. The van der Waals surface area contributed by atoms with Crippen LogP contribution >= 0.6 is 0 Å². The quantitative estimate of drug-likeness (QED) is 0.773. The van der Waals surface area contributed by atoms with Crippen LogP contribution in [0.15, 0.2) is 54.6 Å². The van der Waals surface area contributed by atoms with Crippen molar-refractivity contribution in [2.75, 3.05) is 0 Å². The van der Waals surface area contributed by atoms with E-state index >= 15 is 0 Å². The molecule has 0 aromatic heterocycles. The molecule has 1 aliphatic heterocycles. The summed E-state index contributed by atoms with van der Waals surface area (Å²) in [5.74, 6) is -0.619. The van der Waals surface area contributed by atoms with Gasteiger partial charge in [-0.15, -0.1) is 0 Å². The van der Waals surface area contributed by atoms with Crippen molar-refractivity contribution < 1.29 is 22.8 Å². The van der Waals surface area contributed by atoms with Gasteiger partial charge >= 0.3 is 6.18 Å². The van der Waals surface area contributed by atoms with E-state index in [1.165, 1.54) is 17.0 Å². The molecule has 0 radical (unpaired) electrons. The molecule has 2 aromatic carbocycles. The molecular formula is C20H16F3NO2. The minimum Gasteiger partial charge on any atom is -0.278 e. The number of likely N-dealkylation sites (tertiary alicyclic amines) is 1. The lowest BCUT2D eigenvalue weighted by molar-refractivity contribution is -0.141. The van der Waals surface area contributed by atoms with E-state index in [1.807, 2.05) is 30.3 Å². The number of halogens is 3. The number of benzene rings is 2. The van der Waals surface area contributed by atoms with Gasteiger partial charge in [0.1, 0.15) is 0 Å². The molecule has 26 heavy (non-hydrogen) atoms. The van der Waals surface area contributed by atoms with Crippen molar-refractivity contribution in [1.29, 1.82) is 0 Å². The number of hydrogen-bond donors (Lipinski definition) is 0.